The fourth-order valence-electron chi connectivity index (χ4n) is 22.0. The third-order valence-electron chi connectivity index (χ3n) is 28.8. The van der Waals surface area contributed by atoms with Crippen LogP contribution in [0.15, 0.2) is 576 Å². The molecule has 0 unspecified atom stereocenters. The Kier molecular flexibility index (Phi) is 22.6. The number of rotatable bonds is 17. The van der Waals surface area contributed by atoms with Crippen molar-refractivity contribution in [2.45, 2.75) is 0 Å². The monoisotopic (exact) mass is 1860 g/mol. The summed E-state index contributed by atoms with van der Waals surface area (Å²) >= 11 is 0. The lowest BCUT2D eigenvalue weighted by atomic mass is 9.96. The molecule has 0 amide bonds. The van der Waals surface area contributed by atoms with Crippen LogP contribution in [0.5, 0.6) is 0 Å². The highest BCUT2D eigenvalue weighted by Crippen LogP contribution is 2.49. The van der Waals surface area contributed by atoms with E-state index in [0.717, 1.165) is 68.4 Å². The smallest absolute Gasteiger partial charge is 0.137 e. The SMILES string of the molecule is c1cc(-c2ccc(N(c3ccc(-c4cccc5ccccc45)cc3)c3cccc4ccccc34)cc2)cc(-n2c3ccccc3c3ccccc32)c1.c1ccc(-c2ccc(N(c3ccc(-c4cccc(-n5c6ccccc6c6ccccc65)c4)cc3)c3cccc4ccccc34)c3ccccc23)cc1.c1ccc(N(c2ccc(-c3cccc(-n4c5ccccc5c5ccccc54)c3)cc2)c2cccc3ccccc23)nc1. The molecule has 7 heteroatoms. The Morgan fingerprint density at radius 1 is 0.144 bits per heavy atom. The Balaban J connectivity index is 0.000000112. The van der Waals surface area contributed by atoms with E-state index in [1.165, 1.54) is 175 Å². The van der Waals surface area contributed by atoms with Gasteiger partial charge in [0.05, 0.1) is 55.8 Å². The molecule has 0 aliphatic rings. The van der Waals surface area contributed by atoms with Crippen LogP contribution >= 0.6 is 0 Å². The molecule has 686 valence electrons. The van der Waals surface area contributed by atoms with Gasteiger partial charge in [0.25, 0.3) is 0 Å². The molecule has 4 heterocycles. The van der Waals surface area contributed by atoms with Crippen molar-refractivity contribution in [1.82, 2.24) is 18.7 Å². The molecule has 0 radical (unpaired) electrons. The molecule has 0 bridgehead atoms. The maximum absolute atomic E-state index is 4.73. The summed E-state index contributed by atoms with van der Waals surface area (Å²) < 4.78 is 7.13. The van der Waals surface area contributed by atoms with Gasteiger partial charge in [0, 0.05) is 99.9 Å². The number of pyridine rings is 1. The van der Waals surface area contributed by atoms with Gasteiger partial charge in [0.1, 0.15) is 5.82 Å². The molecule has 24 aromatic carbocycles. The normalized spacial score (nSPS) is 11.4. The number of aromatic nitrogens is 4. The molecule has 146 heavy (non-hydrogen) atoms. The minimum atomic E-state index is 0.884. The van der Waals surface area contributed by atoms with Crippen molar-refractivity contribution in [3.05, 3.63) is 576 Å². The van der Waals surface area contributed by atoms with E-state index in [2.05, 4.69) is 587 Å². The second-order valence-electron chi connectivity index (χ2n) is 37.2. The van der Waals surface area contributed by atoms with Crippen LogP contribution in [-0.2, 0) is 0 Å². The summed E-state index contributed by atoms with van der Waals surface area (Å²) in [6.07, 6.45) is 1.85. The molecule has 28 rings (SSSR count). The predicted octanol–water partition coefficient (Wildman–Crippen LogP) is 38.3. The Hall–Kier alpha value is -19.5. The molecule has 28 aromatic rings. The molecule has 4 aromatic heterocycles. The molecule has 0 fully saturated rings. The van der Waals surface area contributed by atoms with Gasteiger partial charge in [0.2, 0.25) is 0 Å². The largest absolute Gasteiger partial charge is 0.310 e. The lowest BCUT2D eigenvalue weighted by molar-refractivity contribution is 1.18. The van der Waals surface area contributed by atoms with E-state index < -0.39 is 0 Å². The molecule has 0 aliphatic carbocycles. The van der Waals surface area contributed by atoms with E-state index in [9.17, 15) is 0 Å². The van der Waals surface area contributed by atoms with Crippen molar-refractivity contribution < 1.29 is 0 Å². The first-order valence-corrected chi connectivity index (χ1v) is 49.9. The zero-order valence-electron chi connectivity index (χ0n) is 80.0. The highest BCUT2D eigenvalue weighted by molar-refractivity contribution is 6.14. The first kappa shape index (κ1) is 86.8. The molecule has 0 aliphatic heterocycles. The number of benzene rings is 24. The molecule has 0 spiro atoms. The molecular formula is C139H95N7. The highest BCUT2D eigenvalue weighted by atomic mass is 15.2. The van der Waals surface area contributed by atoms with E-state index in [4.69, 9.17) is 4.98 Å². The molecule has 7 nitrogen and oxygen atoms in total. The molecule has 0 N–H and O–H groups in total. The van der Waals surface area contributed by atoms with E-state index >= 15 is 0 Å². The number of anilines is 9. The molecule has 0 atom stereocenters. The first-order chi connectivity index (χ1) is 72.5. The van der Waals surface area contributed by atoms with Gasteiger partial charge < -0.3 is 23.5 Å². The van der Waals surface area contributed by atoms with Crippen molar-refractivity contribution in [1.29, 1.82) is 0 Å². The van der Waals surface area contributed by atoms with E-state index in [1.54, 1.807) is 0 Å². The fraction of sp³-hybridized carbons (Fsp3) is 0. The summed E-state index contributed by atoms with van der Waals surface area (Å²) in [4.78, 5) is 11.8. The van der Waals surface area contributed by atoms with Crippen LogP contribution in [0.2, 0.25) is 0 Å². The van der Waals surface area contributed by atoms with Gasteiger partial charge in [-0.1, -0.05) is 413 Å². The van der Waals surface area contributed by atoms with Crippen molar-refractivity contribution in [2.75, 3.05) is 14.7 Å². The van der Waals surface area contributed by atoms with Gasteiger partial charge in [-0.3, -0.25) is 4.90 Å². The quantitative estimate of drug-likeness (QED) is 0.0911. The van der Waals surface area contributed by atoms with Crippen LogP contribution in [0, 0.1) is 0 Å². The zero-order valence-corrected chi connectivity index (χ0v) is 80.0. The van der Waals surface area contributed by atoms with Gasteiger partial charge in [0.15, 0.2) is 0 Å². The fourth-order valence-corrected chi connectivity index (χ4v) is 22.0. The van der Waals surface area contributed by atoms with Crippen LogP contribution in [0.3, 0.4) is 0 Å². The number of nitrogens with zero attached hydrogens (tertiary/aromatic N) is 7. The van der Waals surface area contributed by atoms with Gasteiger partial charge in [-0.05, 0) is 246 Å². The minimum absolute atomic E-state index is 0.884. The Morgan fingerprint density at radius 3 is 0.795 bits per heavy atom. The Bertz CT molecular complexity index is 9590. The van der Waals surface area contributed by atoms with Crippen molar-refractivity contribution >= 4 is 171 Å². The summed E-state index contributed by atoms with van der Waals surface area (Å²) in [6, 6.07) is 205. The maximum Gasteiger partial charge on any atom is 0.137 e. The van der Waals surface area contributed by atoms with Crippen LogP contribution < -0.4 is 14.7 Å². The maximum atomic E-state index is 4.73. The molecular weight excluding hydrogens is 1770 g/mol. The second-order valence-corrected chi connectivity index (χ2v) is 37.2. The minimum Gasteiger partial charge on any atom is -0.310 e. The Morgan fingerprint density at radius 2 is 0.404 bits per heavy atom. The van der Waals surface area contributed by atoms with Crippen LogP contribution in [0.4, 0.5) is 51.3 Å². The van der Waals surface area contributed by atoms with Gasteiger partial charge >= 0.3 is 0 Å². The van der Waals surface area contributed by atoms with E-state index in [-0.39, 0.29) is 0 Å². The topological polar surface area (TPSA) is 37.4 Å². The van der Waals surface area contributed by atoms with Crippen LogP contribution in [0.25, 0.3) is 192 Å². The molecule has 0 saturated heterocycles. The van der Waals surface area contributed by atoms with Crippen molar-refractivity contribution in [3.63, 3.8) is 0 Å². The predicted molar refractivity (Wildman–Crippen MR) is 619 cm³/mol. The third kappa shape index (κ3) is 16.0. The third-order valence-corrected chi connectivity index (χ3v) is 28.8. The second kappa shape index (κ2) is 37.9. The van der Waals surface area contributed by atoms with E-state index in [1.807, 2.05) is 18.3 Å². The average molecular weight is 1860 g/mol. The van der Waals surface area contributed by atoms with Gasteiger partial charge in [-0.15, -0.1) is 0 Å². The first-order valence-electron chi connectivity index (χ1n) is 49.9. The zero-order chi connectivity index (χ0) is 96.7. The lowest BCUT2D eigenvalue weighted by Gasteiger charge is -2.29. The summed E-state index contributed by atoms with van der Waals surface area (Å²) in [6.45, 7) is 0. The van der Waals surface area contributed by atoms with E-state index in [0.29, 0.717) is 0 Å². The van der Waals surface area contributed by atoms with Gasteiger partial charge in [-0.25, -0.2) is 4.98 Å². The Labute approximate surface area is 847 Å². The summed E-state index contributed by atoms with van der Waals surface area (Å²) in [5, 5.41) is 19.8. The summed E-state index contributed by atoms with van der Waals surface area (Å²) in [5.74, 6) is 0.884. The number of hydrogen-bond acceptors (Lipinski definition) is 4. The number of hydrogen-bond donors (Lipinski definition) is 0. The summed E-state index contributed by atoms with van der Waals surface area (Å²) in [5.41, 5.74) is 31.7. The van der Waals surface area contributed by atoms with Gasteiger partial charge in [-0.2, -0.15) is 0 Å². The standard InChI is InChI=1S/2C50H34N2.C39H27N3/c1-3-18-43-36(12-1)14-10-22-44(43)38-28-32-41(33-29-38)51(48-25-11-15-37-13-2-4-19-45(37)48)40-30-26-35(27-31-40)39-16-9-17-42(34-39)52-49-23-7-5-20-46(49)47-21-6-8-24-50(47)52;1-2-14-36(15-3-1)41-32-33-50(44-22-7-6-21-43(41)44)51(47-27-13-17-37-16-4-5-20-42(37)47)39-30-28-35(29-31-39)38-18-12-19-40(34-38)52-48-25-10-8-23-45(48)46-24-9-11-26-49(46)52;1-2-15-33-29(11-1)12-10-20-36(33)42(39-21-7-8-26-40-39)31-24-22-28(23-25-31)30-13-9-14-32(27-30)41-37-18-5-3-16-34(37)35-17-4-6-19-38(35)41/h2*1-34H;1-27H. The van der Waals surface area contributed by atoms with Crippen LogP contribution in [0.1, 0.15) is 0 Å². The number of para-hydroxylation sites is 6. The van der Waals surface area contributed by atoms with Crippen molar-refractivity contribution in [3.8, 4) is 72.7 Å². The highest BCUT2D eigenvalue weighted by Gasteiger charge is 2.25. The van der Waals surface area contributed by atoms with Crippen molar-refractivity contribution in [2.24, 2.45) is 0 Å². The average Bonchev–Trinajstić information content (AvgIpc) is 1.48. The molecule has 0 saturated carbocycles. The summed E-state index contributed by atoms with van der Waals surface area (Å²) in [7, 11) is 0. The lowest BCUT2D eigenvalue weighted by Crippen LogP contribution is -2.11. The number of fused-ring (bicyclic) bond motifs is 14. The van der Waals surface area contributed by atoms with Crippen LogP contribution in [-0.4, -0.2) is 18.7 Å².